The standard InChI is InChI=1S/C43H82NO8P/c1-5-7-9-11-13-15-17-18-19-20-21-22-23-24-26-28-30-32-34-36-43(46)52-41(40-51-53(47,48)50-38-37-44(3)4)39-49-42(45)35-33-31-29-27-25-16-14-12-10-8-6-2/h13,15,18-19,41H,5-12,14,16-17,20-40H2,1-4H3,(H,47,48)/b15-13-,19-18-. The van der Waals surface area contributed by atoms with Crippen LogP contribution in [-0.4, -0.2) is 68.3 Å². The van der Waals surface area contributed by atoms with Gasteiger partial charge in [-0.2, -0.15) is 0 Å². The van der Waals surface area contributed by atoms with Crippen molar-refractivity contribution in [3.63, 3.8) is 0 Å². The zero-order valence-electron chi connectivity index (χ0n) is 34.7. The molecule has 0 aliphatic heterocycles. The van der Waals surface area contributed by atoms with Gasteiger partial charge in [0.25, 0.3) is 0 Å². The summed E-state index contributed by atoms with van der Waals surface area (Å²) in [6.45, 7) is 4.30. The molecule has 0 spiro atoms. The average Bonchev–Trinajstić information content (AvgIpc) is 3.12. The van der Waals surface area contributed by atoms with Crippen molar-refractivity contribution in [1.82, 2.24) is 4.90 Å². The van der Waals surface area contributed by atoms with Crippen LogP contribution >= 0.6 is 7.82 Å². The molecule has 0 aromatic carbocycles. The molecule has 0 heterocycles. The number of phosphoric ester groups is 1. The molecule has 0 rings (SSSR count). The second-order valence-electron chi connectivity index (χ2n) is 14.9. The van der Waals surface area contributed by atoms with Crippen molar-refractivity contribution >= 4 is 19.8 Å². The molecular weight excluding hydrogens is 689 g/mol. The number of rotatable bonds is 40. The van der Waals surface area contributed by atoms with Gasteiger partial charge in [0.2, 0.25) is 0 Å². The largest absolute Gasteiger partial charge is 0.472 e. The topological polar surface area (TPSA) is 112 Å². The summed E-state index contributed by atoms with van der Waals surface area (Å²) in [4.78, 5) is 37.0. The normalized spacial score (nSPS) is 13.6. The molecule has 0 saturated heterocycles. The smallest absolute Gasteiger partial charge is 0.462 e. The zero-order valence-corrected chi connectivity index (χ0v) is 35.6. The molecule has 1 N–H and O–H groups in total. The van der Waals surface area contributed by atoms with Crippen LogP contribution in [-0.2, 0) is 32.7 Å². The highest BCUT2D eigenvalue weighted by Gasteiger charge is 2.26. The van der Waals surface area contributed by atoms with Gasteiger partial charge in [-0.05, 0) is 59.0 Å². The quantitative estimate of drug-likeness (QED) is 0.0281. The van der Waals surface area contributed by atoms with Crippen LogP contribution in [0.15, 0.2) is 24.3 Å². The van der Waals surface area contributed by atoms with E-state index in [0.29, 0.717) is 19.4 Å². The van der Waals surface area contributed by atoms with Gasteiger partial charge in [-0.3, -0.25) is 18.6 Å². The molecule has 0 saturated carbocycles. The zero-order chi connectivity index (χ0) is 39.1. The Bertz CT molecular complexity index is 941. The van der Waals surface area contributed by atoms with Gasteiger partial charge in [0, 0.05) is 19.4 Å². The first-order valence-electron chi connectivity index (χ1n) is 21.6. The van der Waals surface area contributed by atoms with Crippen LogP contribution < -0.4 is 0 Å². The highest BCUT2D eigenvalue weighted by atomic mass is 31.2. The first-order valence-corrected chi connectivity index (χ1v) is 23.1. The van der Waals surface area contributed by atoms with E-state index >= 15 is 0 Å². The summed E-state index contributed by atoms with van der Waals surface area (Å²) in [6.07, 6.45) is 39.3. The number of hydrogen-bond acceptors (Lipinski definition) is 8. The van der Waals surface area contributed by atoms with Crippen molar-refractivity contribution in [2.75, 3.05) is 40.5 Å². The Kier molecular flexibility index (Phi) is 37.6. The van der Waals surface area contributed by atoms with E-state index in [1.165, 1.54) is 116 Å². The molecule has 2 atom stereocenters. The Morgan fingerprint density at radius 2 is 1.02 bits per heavy atom. The number of likely N-dealkylation sites (N-methyl/N-ethyl adjacent to an activating group) is 1. The summed E-state index contributed by atoms with van der Waals surface area (Å²) >= 11 is 0. The molecule has 0 aromatic heterocycles. The molecular formula is C43H82NO8P. The molecule has 9 nitrogen and oxygen atoms in total. The van der Waals surface area contributed by atoms with E-state index in [1.54, 1.807) is 0 Å². The predicted molar refractivity (Wildman–Crippen MR) is 220 cm³/mol. The van der Waals surface area contributed by atoms with Crippen molar-refractivity contribution in [2.45, 2.75) is 200 Å². The fourth-order valence-corrected chi connectivity index (χ4v) is 6.64. The van der Waals surface area contributed by atoms with Crippen LogP contribution in [0.25, 0.3) is 0 Å². The number of unbranched alkanes of at least 4 members (excludes halogenated alkanes) is 22. The number of ether oxygens (including phenoxy) is 2. The van der Waals surface area contributed by atoms with E-state index in [1.807, 2.05) is 19.0 Å². The highest BCUT2D eigenvalue weighted by Crippen LogP contribution is 2.43. The van der Waals surface area contributed by atoms with Crippen molar-refractivity contribution in [3.8, 4) is 0 Å². The number of nitrogens with zero attached hydrogens (tertiary/aromatic N) is 1. The molecule has 312 valence electrons. The Balaban J connectivity index is 4.25. The van der Waals surface area contributed by atoms with Crippen LogP contribution in [0.1, 0.15) is 194 Å². The lowest BCUT2D eigenvalue weighted by molar-refractivity contribution is -0.161. The van der Waals surface area contributed by atoms with E-state index in [-0.39, 0.29) is 25.6 Å². The number of hydrogen-bond donors (Lipinski definition) is 1. The maximum atomic E-state index is 12.6. The van der Waals surface area contributed by atoms with E-state index in [4.69, 9.17) is 18.5 Å². The number of carbonyl (C=O) groups excluding carboxylic acids is 2. The summed E-state index contributed by atoms with van der Waals surface area (Å²) in [5, 5.41) is 0. The van der Waals surface area contributed by atoms with Gasteiger partial charge >= 0.3 is 19.8 Å². The Morgan fingerprint density at radius 3 is 1.53 bits per heavy atom. The fraction of sp³-hybridized carbons (Fsp3) is 0.860. The predicted octanol–water partition coefficient (Wildman–Crippen LogP) is 12.2. The Morgan fingerprint density at radius 1 is 0.585 bits per heavy atom. The first kappa shape index (κ1) is 51.5. The van der Waals surface area contributed by atoms with E-state index in [2.05, 4.69) is 38.2 Å². The van der Waals surface area contributed by atoms with Gasteiger partial charge in [0.05, 0.1) is 13.2 Å². The third kappa shape index (κ3) is 40.0. The molecule has 0 aliphatic carbocycles. The third-order valence-corrected chi connectivity index (χ3v) is 10.2. The number of allylic oxidation sites excluding steroid dienone is 4. The molecule has 10 heteroatoms. The summed E-state index contributed by atoms with van der Waals surface area (Å²) in [6, 6.07) is 0. The van der Waals surface area contributed by atoms with Crippen molar-refractivity contribution in [1.29, 1.82) is 0 Å². The molecule has 0 amide bonds. The minimum Gasteiger partial charge on any atom is -0.462 e. The highest BCUT2D eigenvalue weighted by molar-refractivity contribution is 7.47. The van der Waals surface area contributed by atoms with Gasteiger partial charge in [0.15, 0.2) is 6.10 Å². The summed E-state index contributed by atoms with van der Waals surface area (Å²) in [5.41, 5.74) is 0. The molecule has 0 bridgehead atoms. The maximum Gasteiger partial charge on any atom is 0.472 e. The monoisotopic (exact) mass is 772 g/mol. The minimum atomic E-state index is -4.36. The summed E-state index contributed by atoms with van der Waals surface area (Å²) in [7, 11) is -0.708. The lowest BCUT2D eigenvalue weighted by Gasteiger charge is -2.20. The van der Waals surface area contributed by atoms with E-state index < -0.39 is 26.5 Å². The molecule has 0 aromatic rings. The number of carbonyl (C=O) groups is 2. The summed E-state index contributed by atoms with van der Waals surface area (Å²) < 4.78 is 33.4. The van der Waals surface area contributed by atoms with Crippen LogP contribution in [0.2, 0.25) is 0 Å². The minimum absolute atomic E-state index is 0.00828. The molecule has 53 heavy (non-hydrogen) atoms. The number of esters is 2. The Labute approximate surface area is 326 Å². The Hall–Kier alpha value is -1.51. The van der Waals surface area contributed by atoms with Crippen LogP contribution in [0.4, 0.5) is 0 Å². The lowest BCUT2D eigenvalue weighted by Crippen LogP contribution is -2.29. The summed E-state index contributed by atoms with van der Waals surface area (Å²) in [5.74, 6) is -0.803. The van der Waals surface area contributed by atoms with Gasteiger partial charge in [-0.15, -0.1) is 0 Å². The number of phosphoric acid groups is 1. The lowest BCUT2D eigenvalue weighted by atomic mass is 10.1. The van der Waals surface area contributed by atoms with Crippen LogP contribution in [0, 0.1) is 0 Å². The molecule has 2 unspecified atom stereocenters. The van der Waals surface area contributed by atoms with Crippen molar-refractivity contribution in [3.05, 3.63) is 24.3 Å². The second kappa shape index (κ2) is 38.8. The van der Waals surface area contributed by atoms with Gasteiger partial charge in [-0.25, -0.2) is 4.57 Å². The first-order chi connectivity index (χ1) is 25.7. The fourth-order valence-electron chi connectivity index (χ4n) is 5.89. The molecule has 0 aliphatic rings. The van der Waals surface area contributed by atoms with Crippen LogP contribution in [0.5, 0.6) is 0 Å². The molecule has 0 fully saturated rings. The van der Waals surface area contributed by atoms with Gasteiger partial charge in [-0.1, -0.05) is 160 Å². The van der Waals surface area contributed by atoms with Crippen molar-refractivity contribution in [2.24, 2.45) is 0 Å². The van der Waals surface area contributed by atoms with Crippen molar-refractivity contribution < 1.29 is 37.6 Å². The SMILES string of the molecule is CCCCC/C=C\C/C=C\CCCCCCCCCCCC(=O)OC(COC(=O)CCCCCCCCCCCCC)COP(=O)(O)OCCN(C)C. The second-order valence-corrected chi connectivity index (χ2v) is 16.3. The van der Waals surface area contributed by atoms with Gasteiger partial charge in [0.1, 0.15) is 6.61 Å². The van der Waals surface area contributed by atoms with E-state index in [0.717, 1.165) is 44.9 Å². The third-order valence-electron chi connectivity index (χ3n) is 9.26. The van der Waals surface area contributed by atoms with E-state index in [9.17, 15) is 19.0 Å². The molecule has 0 radical (unpaired) electrons. The average molecular weight is 772 g/mol. The van der Waals surface area contributed by atoms with Gasteiger partial charge < -0.3 is 19.3 Å². The van der Waals surface area contributed by atoms with Crippen LogP contribution in [0.3, 0.4) is 0 Å². The maximum absolute atomic E-state index is 12.6.